The van der Waals surface area contributed by atoms with Crippen LogP contribution in [-0.4, -0.2) is 49.8 Å². The van der Waals surface area contributed by atoms with E-state index in [0.29, 0.717) is 6.04 Å². The Bertz CT molecular complexity index is 165. The highest BCUT2D eigenvalue weighted by atomic mass is 16.5. The van der Waals surface area contributed by atoms with Crippen LogP contribution in [0.4, 0.5) is 0 Å². The Balaban J connectivity index is 1.57. The normalized spacial score (nSPS) is 26.4. The third-order valence-corrected chi connectivity index (χ3v) is 3.24. The molecule has 0 radical (unpaired) electrons. The fraction of sp³-hybridized carbons (Fsp3) is 1.00. The summed E-state index contributed by atoms with van der Waals surface area (Å²) in [5.74, 6) is 0. The minimum atomic E-state index is 0.713. The maximum atomic E-state index is 5.35. The smallest absolute Gasteiger partial charge is 0.0594 e. The number of nitrogens with zero attached hydrogens (tertiary/aromatic N) is 1. The molecule has 2 aliphatic rings. The van der Waals surface area contributed by atoms with Gasteiger partial charge in [0.25, 0.3) is 0 Å². The van der Waals surface area contributed by atoms with E-state index in [1.807, 2.05) is 0 Å². The van der Waals surface area contributed by atoms with Gasteiger partial charge in [0, 0.05) is 25.2 Å². The summed E-state index contributed by atoms with van der Waals surface area (Å²) in [6.45, 7) is 7.58. The van der Waals surface area contributed by atoms with Gasteiger partial charge in [-0.15, -0.1) is 0 Å². The van der Waals surface area contributed by atoms with Crippen LogP contribution in [0.15, 0.2) is 0 Å². The topological polar surface area (TPSA) is 24.5 Å². The van der Waals surface area contributed by atoms with Crippen molar-refractivity contribution in [2.75, 3.05) is 32.8 Å². The van der Waals surface area contributed by atoms with Gasteiger partial charge >= 0.3 is 0 Å². The van der Waals surface area contributed by atoms with E-state index >= 15 is 0 Å². The second-order valence-corrected chi connectivity index (χ2v) is 4.51. The first-order valence-corrected chi connectivity index (χ1v) is 5.91. The maximum absolute atomic E-state index is 5.35. The van der Waals surface area contributed by atoms with Gasteiger partial charge in [0.1, 0.15) is 0 Å². The van der Waals surface area contributed by atoms with Gasteiger partial charge in [-0.25, -0.2) is 0 Å². The first-order valence-electron chi connectivity index (χ1n) is 5.91. The van der Waals surface area contributed by atoms with Crippen molar-refractivity contribution in [3.8, 4) is 0 Å². The van der Waals surface area contributed by atoms with Crippen LogP contribution in [0.2, 0.25) is 0 Å². The molecule has 1 unspecified atom stereocenters. The molecule has 1 saturated carbocycles. The molecule has 1 aliphatic heterocycles. The number of morpholine rings is 1. The quantitative estimate of drug-likeness (QED) is 0.709. The van der Waals surface area contributed by atoms with E-state index in [2.05, 4.69) is 17.1 Å². The predicted molar refractivity (Wildman–Crippen MR) is 57.5 cm³/mol. The van der Waals surface area contributed by atoms with Crippen molar-refractivity contribution >= 4 is 0 Å². The molecule has 0 aromatic carbocycles. The first kappa shape index (κ1) is 10.4. The van der Waals surface area contributed by atoms with Crippen molar-refractivity contribution < 1.29 is 4.74 Å². The standard InChI is InChI=1S/C11H22N2O/c1-10(4-5-12-11-2-3-11)13-6-8-14-9-7-13/h10-12H,2-9H2,1H3. The van der Waals surface area contributed by atoms with Crippen LogP contribution >= 0.6 is 0 Å². The minimum absolute atomic E-state index is 0.713. The maximum Gasteiger partial charge on any atom is 0.0594 e. The van der Waals surface area contributed by atoms with E-state index in [0.717, 1.165) is 32.3 Å². The molecule has 1 heterocycles. The van der Waals surface area contributed by atoms with Gasteiger partial charge in [0.05, 0.1) is 13.2 Å². The van der Waals surface area contributed by atoms with Crippen molar-refractivity contribution in [2.45, 2.75) is 38.3 Å². The van der Waals surface area contributed by atoms with Gasteiger partial charge in [0.2, 0.25) is 0 Å². The molecule has 0 aromatic rings. The van der Waals surface area contributed by atoms with E-state index in [1.165, 1.54) is 25.8 Å². The molecule has 3 nitrogen and oxygen atoms in total. The molecule has 0 aromatic heterocycles. The van der Waals surface area contributed by atoms with Crippen LogP contribution in [0.25, 0.3) is 0 Å². The highest BCUT2D eigenvalue weighted by Crippen LogP contribution is 2.18. The molecule has 3 heteroatoms. The zero-order valence-corrected chi connectivity index (χ0v) is 9.17. The number of ether oxygens (including phenoxy) is 1. The molecule has 0 amide bonds. The lowest BCUT2D eigenvalue weighted by Crippen LogP contribution is -2.43. The molecule has 0 spiro atoms. The zero-order valence-electron chi connectivity index (χ0n) is 9.17. The lowest BCUT2D eigenvalue weighted by Gasteiger charge is -2.32. The number of hydrogen-bond donors (Lipinski definition) is 1. The van der Waals surface area contributed by atoms with Crippen molar-refractivity contribution in [1.82, 2.24) is 10.2 Å². The fourth-order valence-corrected chi connectivity index (χ4v) is 1.98. The van der Waals surface area contributed by atoms with Crippen LogP contribution in [0.5, 0.6) is 0 Å². The van der Waals surface area contributed by atoms with Crippen molar-refractivity contribution in [3.05, 3.63) is 0 Å². The van der Waals surface area contributed by atoms with Crippen LogP contribution in [-0.2, 0) is 4.74 Å². The van der Waals surface area contributed by atoms with E-state index in [1.54, 1.807) is 0 Å². The van der Waals surface area contributed by atoms with Gasteiger partial charge in [-0.2, -0.15) is 0 Å². The number of hydrogen-bond acceptors (Lipinski definition) is 3. The molecule has 1 atom stereocenters. The average Bonchev–Trinajstić information content (AvgIpc) is 3.03. The predicted octanol–water partition coefficient (Wildman–Crippen LogP) is 0.849. The summed E-state index contributed by atoms with van der Waals surface area (Å²) in [6.07, 6.45) is 4.06. The summed E-state index contributed by atoms with van der Waals surface area (Å²) in [6, 6.07) is 1.57. The Hall–Kier alpha value is -0.120. The summed E-state index contributed by atoms with van der Waals surface area (Å²) >= 11 is 0. The molecule has 1 aliphatic carbocycles. The van der Waals surface area contributed by atoms with Crippen molar-refractivity contribution in [2.24, 2.45) is 0 Å². The second-order valence-electron chi connectivity index (χ2n) is 4.51. The number of nitrogens with one attached hydrogen (secondary N) is 1. The molecular weight excluding hydrogens is 176 g/mol. The molecule has 14 heavy (non-hydrogen) atoms. The van der Waals surface area contributed by atoms with Crippen LogP contribution in [0.3, 0.4) is 0 Å². The van der Waals surface area contributed by atoms with Gasteiger partial charge in [0.15, 0.2) is 0 Å². The SMILES string of the molecule is CC(CCNC1CC1)N1CCOCC1. The van der Waals surface area contributed by atoms with Crippen LogP contribution in [0.1, 0.15) is 26.2 Å². The van der Waals surface area contributed by atoms with Crippen molar-refractivity contribution in [3.63, 3.8) is 0 Å². The van der Waals surface area contributed by atoms with E-state index in [-0.39, 0.29) is 0 Å². The first-order chi connectivity index (χ1) is 6.86. The van der Waals surface area contributed by atoms with Gasteiger partial charge in [-0.05, 0) is 32.7 Å². The van der Waals surface area contributed by atoms with E-state index in [4.69, 9.17) is 4.74 Å². The highest BCUT2D eigenvalue weighted by Gasteiger charge is 2.21. The van der Waals surface area contributed by atoms with E-state index < -0.39 is 0 Å². The summed E-state index contributed by atoms with van der Waals surface area (Å²) in [5.41, 5.74) is 0. The molecule has 0 bridgehead atoms. The zero-order chi connectivity index (χ0) is 9.80. The third kappa shape index (κ3) is 3.23. The van der Waals surface area contributed by atoms with Gasteiger partial charge in [-0.1, -0.05) is 0 Å². The summed E-state index contributed by atoms with van der Waals surface area (Å²) in [7, 11) is 0. The Kier molecular flexibility index (Phi) is 3.79. The summed E-state index contributed by atoms with van der Waals surface area (Å²) in [4.78, 5) is 2.54. The molecule has 1 N–H and O–H groups in total. The van der Waals surface area contributed by atoms with E-state index in [9.17, 15) is 0 Å². The second kappa shape index (κ2) is 5.10. The minimum Gasteiger partial charge on any atom is -0.379 e. The largest absolute Gasteiger partial charge is 0.379 e. The summed E-state index contributed by atoms with van der Waals surface area (Å²) in [5, 5.41) is 3.57. The third-order valence-electron chi connectivity index (χ3n) is 3.24. The molecular formula is C11H22N2O. The Morgan fingerprint density at radius 1 is 1.36 bits per heavy atom. The Morgan fingerprint density at radius 2 is 2.07 bits per heavy atom. The molecule has 1 saturated heterocycles. The molecule has 82 valence electrons. The van der Waals surface area contributed by atoms with Crippen molar-refractivity contribution in [1.29, 1.82) is 0 Å². The lowest BCUT2D eigenvalue weighted by molar-refractivity contribution is 0.0187. The average molecular weight is 198 g/mol. The highest BCUT2D eigenvalue weighted by molar-refractivity contribution is 4.81. The van der Waals surface area contributed by atoms with Gasteiger partial charge < -0.3 is 10.1 Å². The van der Waals surface area contributed by atoms with Crippen LogP contribution < -0.4 is 5.32 Å². The monoisotopic (exact) mass is 198 g/mol. The number of rotatable bonds is 5. The van der Waals surface area contributed by atoms with Crippen LogP contribution in [0, 0.1) is 0 Å². The lowest BCUT2D eigenvalue weighted by atomic mass is 10.2. The molecule has 2 fully saturated rings. The Morgan fingerprint density at radius 3 is 2.71 bits per heavy atom. The fourth-order valence-electron chi connectivity index (χ4n) is 1.98. The Labute approximate surface area is 86.8 Å². The molecule has 2 rings (SSSR count). The summed E-state index contributed by atoms with van der Waals surface area (Å²) < 4.78 is 5.35. The van der Waals surface area contributed by atoms with Gasteiger partial charge in [-0.3, -0.25) is 4.90 Å².